The van der Waals surface area contributed by atoms with Crippen LogP contribution >= 0.6 is 23.1 Å². The van der Waals surface area contributed by atoms with Crippen molar-refractivity contribution < 1.29 is 4.79 Å². The maximum Gasteiger partial charge on any atom is 0.253 e. The maximum absolute atomic E-state index is 12.6. The molecule has 4 nitrogen and oxygen atoms in total. The van der Waals surface area contributed by atoms with Crippen LogP contribution < -0.4 is 11.1 Å². The van der Waals surface area contributed by atoms with Crippen LogP contribution in [0.4, 0.5) is 0 Å². The number of allylic oxidation sites excluding steroid dienone is 3. The SMILES string of the molecule is Cc1csc(CNC(=O)C2=CC(SC3CCCCC3)=CCC=C2N)n1. The number of nitrogens with one attached hydrogen (secondary N) is 1. The van der Waals surface area contributed by atoms with Crippen molar-refractivity contribution in [1.29, 1.82) is 0 Å². The van der Waals surface area contributed by atoms with Gasteiger partial charge in [-0.2, -0.15) is 0 Å². The molecule has 3 rings (SSSR count). The van der Waals surface area contributed by atoms with Crippen LogP contribution in [0.5, 0.6) is 0 Å². The second-order valence-corrected chi connectivity index (χ2v) is 8.82. The number of nitrogens with two attached hydrogens (primary N) is 1. The van der Waals surface area contributed by atoms with Crippen LogP contribution in [0.2, 0.25) is 0 Å². The zero-order chi connectivity index (χ0) is 17.6. The fraction of sp³-hybridized carbons (Fsp3) is 0.474. The number of carbonyl (C=O) groups is 1. The zero-order valence-corrected chi connectivity index (χ0v) is 16.2. The highest BCUT2D eigenvalue weighted by atomic mass is 32.2. The summed E-state index contributed by atoms with van der Waals surface area (Å²) >= 11 is 3.46. The Morgan fingerprint density at radius 1 is 1.36 bits per heavy atom. The zero-order valence-electron chi connectivity index (χ0n) is 14.6. The molecule has 2 aliphatic carbocycles. The van der Waals surface area contributed by atoms with Gasteiger partial charge in [0.1, 0.15) is 5.01 Å². The molecule has 3 N–H and O–H groups in total. The van der Waals surface area contributed by atoms with Crippen molar-refractivity contribution in [3.63, 3.8) is 0 Å². The van der Waals surface area contributed by atoms with Gasteiger partial charge in [0.05, 0.1) is 12.1 Å². The Morgan fingerprint density at radius 2 is 2.16 bits per heavy atom. The molecule has 0 atom stereocenters. The molecule has 6 heteroatoms. The summed E-state index contributed by atoms with van der Waals surface area (Å²) in [5.41, 5.74) is 8.24. The van der Waals surface area contributed by atoms with Crippen molar-refractivity contribution >= 4 is 29.0 Å². The second kappa shape index (κ2) is 8.72. The van der Waals surface area contributed by atoms with Crippen molar-refractivity contribution in [3.8, 4) is 0 Å². The van der Waals surface area contributed by atoms with Gasteiger partial charge in [0, 0.05) is 26.9 Å². The molecule has 0 unspecified atom stereocenters. The van der Waals surface area contributed by atoms with E-state index in [0.717, 1.165) is 17.1 Å². The number of nitrogens with zero attached hydrogens (tertiary/aromatic N) is 1. The minimum absolute atomic E-state index is 0.126. The first kappa shape index (κ1) is 18.3. The fourth-order valence-corrected chi connectivity index (χ4v) is 5.13. The van der Waals surface area contributed by atoms with Gasteiger partial charge in [-0.05, 0) is 32.3 Å². The first-order valence-electron chi connectivity index (χ1n) is 8.85. The van der Waals surface area contributed by atoms with Crippen LogP contribution in [-0.2, 0) is 11.3 Å². The minimum Gasteiger partial charge on any atom is -0.398 e. The molecule has 0 radical (unpaired) electrons. The molecule has 0 saturated heterocycles. The number of rotatable bonds is 5. The van der Waals surface area contributed by atoms with Crippen LogP contribution in [-0.4, -0.2) is 16.1 Å². The number of carbonyl (C=O) groups excluding carboxylic acids is 1. The van der Waals surface area contributed by atoms with Gasteiger partial charge in [0.15, 0.2) is 0 Å². The number of hydrogen-bond acceptors (Lipinski definition) is 5. The largest absolute Gasteiger partial charge is 0.398 e. The summed E-state index contributed by atoms with van der Waals surface area (Å²) in [6, 6.07) is 0. The third-order valence-corrected chi connectivity index (χ3v) is 6.75. The van der Waals surface area contributed by atoms with E-state index in [1.165, 1.54) is 37.0 Å². The van der Waals surface area contributed by atoms with Gasteiger partial charge in [-0.25, -0.2) is 4.98 Å². The molecule has 0 aliphatic heterocycles. The molecule has 0 aromatic carbocycles. The molecule has 1 aromatic rings. The number of amides is 1. The lowest BCUT2D eigenvalue weighted by Gasteiger charge is -2.21. The average Bonchev–Trinajstić information content (AvgIpc) is 2.94. The summed E-state index contributed by atoms with van der Waals surface area (Å²) in [4.78, 5) is 18.2. The highest BCUT2D eigenvalue weighted by molar-refractivity contribution is 8.03. The van der Waals surface area contributed by atoms with Crippen LogP contribution in [0.25, 0.3) is 0 Å². The number of hydrogen-bond donors (Lipinski definition) is 2. The van der Waals surface area contributed by atoms with E-state index in [9.17, 15) is 4.79 Å². The Kier molecular flexibility index (Phi) is 6.37. The first-order chi connectivity index (χ1) is 12.1. The van der Waals surface area contributed by atoms with E-state index >= 15 is 0 Å². The summed E-state index contributed by atoms with van der Waals surface area (Å²) in [5, 5.41) is 6.51. The van der Waals surface area contributed by atoms with Gasteiger partial charge < -0.3 is 11.1 Å². The standard InChI is InChI=1S/C19H25N3OS2/c1-13-12-24-18(22-13)11-21-19(23)16-10-15(8-5-9-17(16)20)25-14-6-3-2-4-7-14/h8-10,12,14H,2-7,11,20H2,1H3,(H,21,23). The summed E-state index contributed by atoms with van der Waals surface area (Å²) in [6.07, 6.45) is 13.4. The molecule has 134 valence electrons. The molecule has 2 aliphatic rings. The molecule has 1 aromatic heterocycles. The quantitative estimate of drug-likeness (QED) is 0.810. The van der Waals surface area contributed by atoms with Gasteiger partial charge in [0.2, 0.25) is 0 Å². The Balaban J connectivity index is 1.65. The summed E-state index contributed by atoms with van der Waals surface area (Å²) in [5.74, 6) is -0.126. The third kappa shape index (κ3) is 5.22. The molecule has 25 heavy (non-hydrogen) atoms. The Labute approximate surface area is 157 Å². The van der Waals surface area contributed by atoms with Crippen LogP contribution in [0, 0.1) is 6.92 Å². The third-order valence-electron chi connectivity index (χ3n) is 4.42. The normalized spacial score (nSPS) is 18.8. The number of thioether (sulfide) groups is 1. The highest BCUT2D eigenvalue weighted by Gasteiger charge is 2.19. The van der Waals surface area contributed by atoms with E-state index < -0.39 is 0 Å². The van der Waals surface area contributed by atoms with Gasteiger partial charge in [0.25, 0.3) is 5.91 Å². The Bertz CT molecular complexity index is 712. The number of aryl methyl sites for hydroxylation is 1. The minimum atomic E-state index is -0.126. The van der Waals surface area contributed by atoms with Crippen molar-refractivity contribution in [3.05, 3.63) is 50.5 Å². The van der Waals surface area contributed by atoms with Gasteiger partial charge in [-0.3, -0.25) is 4.79 Å². The topological polar surface area (TPSA) is 68.0 Å². The summed E-state index contributed by atoms with van der Waals surface area (Å²) in [6.45, 7) is 2.40. The van der Waals surface area contributed by atoms with Crippen molar-refractivity contribution in [1.82, 2.24) is 10.3 Å². The number of thiazole rings is 1. The molecule has 0 spiro atoms. The van der Waals surface area contributed by atoms with Crippen molar-refractivity contribution in [2.45, 2.75) is 57.2 Å². The Morgan fingerprint density at radius 3 is 2.88 bits per heavy atom. The Hall–Kier alpha value is -1.53. The summed E-state index contributed by atoms with van der Waals surface area (Å²) < 4.78 is 0. The van der Waals surface area contributed by atoms with Crippen molar-refractivity contribution in [2.24, 2.45) is 5.73 Å². The van der Waals surface area contributed by atoms with E-state index in [2.05, 4.69) is 16.4 Å². The van der Waals surface area contributed by atoms with Crippen LogP contribution in [0.15, 0.2) is 39.8 Å². The lowest BCUT2D eigenvalue weighted by molar-refractivity contribution is -0.117. The number of aromatic nitrogens is 1. The molecule has 1 heterocycles. The van der Waals surface area contributed by atoms with E-state index in [1.54, 1.807) is 11.3 Å². The van der Waals surface area contributed by atoms with E-state index in [0.29, 0.717) is 23.1 Å². The molecule has 1 fully saturated rings. The van der Waals surface area contributed by atoms with Gasteiger partial charge in [-0.1, -0.05) is 31.4 Å². The predicted molar refractivity (Wildman–Crippen MR) is 106 cm³/mol. The molecular weight excluding hydrogens is 350 g/mol. The van der Waals surface area contributed by atoms with Crippen molar-refractivity contribution in [2.75, 3.05) is 0 Å². The molecular formula is C19H25N3OS2. The van der Waals surface area contributed by atoms with Crippen LogP contribution in [0.1, 0.15) is 49.2 Å². The molecule has 1 amide bonds. The second-order valence-electron chi connectivity index (χ2n) is 6.50. The van der Waals surface area contributed by atoms with E-state index in [-0.39, 0.29) is 5.91 Å². The smallest absolute Gasteiger partial charge is 0.253 e. The molecule has 1 saturated carbocycles. The molecule has 0 bridgehead atoms. The predicted octanol–water partition coefficient (Wildman–Crippen LogP) is 4.19. The van der Waals surface area contributed by atoms with Gasteiger partial charge >= 0.3 is 0 Å². The fourth-order valence-electron chi connectivity index (χ4n) is 3.09. The first-order valence-corrected chi connectivity index (χ1v) is 10.6. The van der Waals surface area contributed by atoms with E-state index in [1.807, 2.05) is 36.2 Å². The monoisotopic (exact) mass is 375 g/mol. The van der Waals surface area contributed by atoms with Gasteiger partial charge in [-0.15, -0.1) is 23.1 Å². The highest BCUT2D eigenvalue weighted by Crippen LogP contribution is 2.35. The maximum atomic E-state index is 12.6. The lowest BCUT2D eigenvalue weighted by atomic mass is 10.0. The van der Waals surface area contributed by atoms with Crippen LogP contribution in [0.3, 0.4) is 0 Å². The lowest BCUT2D eigenvalue weighted by Crippen LogP contribution is -2.27. The van der Waals surface area contributed by atoms with E-state index in [4.69, 9.17) is 5.73 Å². The average molecular weight is 376 g/mol. The summed E-state index contributed by atoms with van der Waals surface area (Å²) in [7, 11) is 0.